The van der Waals surface area contributed by atoms with Crippen molar-refractivity contribution in [3.05, 3.63) is 0 Å². The Morgan fingerprint density at radius 2 is 1.48 bits per heavy atom. The Kier molecular flexibility index (Phi) is 16.5. The summed E-state index contributed by atoms with van der Waals surface area (Å²) in [4.78, 5) is 22.2. The standard InChI is InChI=1S/C18H36N2O9/c1-18(2,3)29-17(23)20-6-8-26-9-11-27-13-15(21)19-5-7-25-10-12-28-14-16(22)24-4/h15,19,21H,5-14H2,1-4H3,(H,20,23). The van der Waals surface area contributed by atoms with Gasteiger partial charge in [-0.2, -0.15) is 0 Å². The smallest absolute Gasteiger partial charge is 0.407 e. The van der Waals surface area contributed by atoms with E-state index < -0.39 is 23.9 Å². The molecule has 1 amide bonds. The molecule has 0 heterocycles. The van der Waals surface area contributed by atoms with Gasteiger partial charge in [0.1, 0.15) is 18.4 Å². The zero-order valence-electron chi connectivity index (χ0n) is 17.9. The molecule has 29 heavy (non-hydrogen) atoms. The normalized spacial score (nSPS) is 12.4. The maximum absolute atomic E-state index is 11.4. The Labute approximate surface area is 172 Å². The van der Waals surface area contributed by atoms with E-state index in [1.807, 2.05) is 0 Å². The summed E-state index contributed by atoms with van der Waals surface area (Å²) in [7, 11) is 1.29. The van der Waals surface area contributed by atoms with Gasteiger partial charge >= 0.3 is 12.1 Å². The third-order valence-corrected chi connectivity index (χ3v) is 3.01. The van der Waals surface area contributed by atoms with E-state index in [1.54, 1.807) is 20.8 Å². The summed E-state index contributed by atoms with van der Waals surface area (Å²) in [5.74, 6) is -0.433. The molecule has 11 nitrogen and oxygen atoms in total. The number of rotatable bonds is 17. The zero-order valence-corrected chi connectivity index (χ0v) is 17.9. The number of carbonyl (C=O) groups is 2. The van der Waals surface area contributed by atoms with Crippen LogP contribution in [0.4, 0.5) is 4.79 Å². The first-order chi connectivity index (χ1) is 13.7. The van der Waals surface area contributed by atoms with Crippen LogP contribution in [0.25, 0.3) is 0 Å². The van der Waals surface area contributed by atoms with Crippen molar-refractivity contribution in [1.29, 1.82) is 0 Å². The summed E-state index contributed by atoms with van der Waals surface area (Å²) in [6.45, 7) is 8.18. The number of esters is 1. The van der Waals surface area contributed by atoms with Crippen molar-refractivity contribution < 1.29 is 43.1 Å². The molecule has 11 heteroatoms. The number of ether oxygens (including phenoxy) is 6. The molecule has 3 N–H and O–H groups in total. The Morgan fingerprint density at radius 3 is 2.10 bits per heavy atom. The van der Waals surface area contributed by atoms with Gasteiger partial charge in [-0.25, -0.2) is 9.59 Å². The van der Waals surface area contributed by atoms with Crippen molar-refractivity contribution >= 4 is 12.1 Å². The molecule has 0 aliphatic carbocycles. The van der Waals surface area contributed by atoms with Crippen molar-refractivity contribution in [1.82, 2.24) is 10.6 Å². The van der Waals surface area contributed by atoms with Crippen molar-refractivity contribution in [2.75, 3.05) is 73.1 Å². The number of alkyl carbamates (subject to hydrolysis) is 1. The summed E-state index contributed by atoms with van der Waals surface area (Å²) in [6, 6.07) is 0. The van der Waals surface area contributed by atoms with E-state index in [9.17, 15) is 14.7 Å². The Balaban J connectivity index is 3.33. The summed E-state index contributed by atoms with van der Waals surface area (Å²) < 4.78 is 30.4. The molecule has 172 valence electrons. The van der Waals surface area contributed by atoms with Crippen LogP contribution in [0.15, 0.2) is 0 Å². The molecule has 0 aromatic rings. The van der Waals surface area contributed by atoms with Gasteiger partial charge in [-0.05, 0) is 20.8 Å². The minimum Gasteiger partial charge on any atom is -0.467 e. The van der Waals surface area contributed by atoms with E-state index in [4.69, 9.17) is 23.7 Å². The predicted molar refractivity (Wildman–Crippen MR) is 104 cm³/mol. The van der Waals surface area contributed by atoms with Gasteiger partial charge in [-0.15, -0.1) is 0 Å². The molecule has 0 spiro atoms. The van der Waals surface area contributed by atoms with Crippen LogP contribution in [0.1, 0.15) is 20.8 Å². The third kappa shape index (κ3) is 21.0. The molecule has 0 aliphatic rings. The third-order valence-electron chi connectivity index (χ3n) is 3.01. The number of aliphatic hydroxyl groups excluding tert-OH is 1. The monoisotopic (exact) mass is 424 g/mol. The quantitative estimate of drug-likeness (QED) is 0.162. The minimum atomic E-state index is -0.817. The van der Waals surface area contributed by atoms with Gasteiger partial charge in [-0.3, -0.25) is 5.32 Å². The van der Waals surface area contributed by atoms with Gasteiger partial charge in [0, 0.05) is 13.1 Å². The van der Waals surface area contributed by atoms with E-state index in [-0.39, 0.29) is 19.8 Å². The van der Waals surface area contributed by atoms with Crippen LogP contribution < -0.4 is 10.6 Å². The van der Waals surface area contributed by atoms with Gasteiger partial charge < -0.3 is 38.8 Å². The van der Waals surface area contributed by atoms with Gasteiger partial charge in [0.2, 0.25) is 0 Å². The Hall–Kier alpha value is -1.50. The lowest BCUT2D eigenvalue weighted by Gasteiger charge is -2.19. The molecule has 0 aromatic heterocycles. The minimum absolute atomic E-state index is 0.0991. The Morgan fingerprint density at radius 1 is 0.897 bits per heavy atom. The van der Waals surface area contributed by atoms with Crippen LogP contribution in [0.3, 0.4) is 0 Å². The predicted octanol–water partition coefficient (Wildman–Crippen LogP) is -0.341. The largest absolute Gasteiger partial charge is 0.467 e. The van der Waals surface area contributed by atoms with Gasteiger partial charge in [0.25, 0.3) is 0 Å². The highest BCUT2D eigenvalue weighted by Crippen LogP contribution is 2.05. The van der Waals surface area contributed by atoms with Crippen LogP contribution in [-0.2, 0) is 33.2 Å². The fourth-order valence-electron chi connectivity index (χ4n) is 1.75. The number of nitrogens with one attached hydrogen (secondary N) is 2. The molecule has 1 atom stereocenters. The van der Waals surface area contributed by atoms with Gasteiger partial charge in [0.15, 0.2) is 0 Å². The van der Waals surface area contributed by atoms with E-state index in [2.05, 4.69) is 15.4 Å². The molecule has 0 saturated heterocycles. The van der Waals surface area contributed by atoms with Crippen molar-refractivity contribution in [3.8, 4) is 0 Å². The highest BCUT2D eigenvalue weighted by Gasteiger charge is 2.15. The van der Waals surface area contributed by atoms with Crippen LogP contribution in [0.5, 0.6) is 0 Å². The molecular weight excluding hydrogens is 388 g/mol. The maximum Gasteiger partial charge on any atom is 0.407 e. The SMILES string of the molecule is COC(=O)COCCOCCNC(O)COCCOCCNC(=O)OC(C)(C)C. The lowest BCUT2D eigenvalue weighted by molar-refractivity contribution is -0.146. The van der Waals surface area contributed by atoms with E-state index in [0.29, 0.717) is 46.1 Å². The van der Waals surface area contributed by atoms with Crippen molar-refractivity contribution in [2.45, 2.75) is 32.6 Å². The molecule has 1 unspecified atom stereocenters. The molecule has 0 rings (SSSR count). The van der Waals surface area contributed by atoms with E-state index in [1.165, 1.54) is 7.11 Å². The van der Waals surface area contributed by atoms with Gasteiger partial charge in [0.05, 0.1) is 53.4 Å². The molecular formula is C18H36N2O9. The van der Waals surface area contributed by atoms with Crippen LogP contribution in [0.2, 0.25) is 0 Å². The summed E-state index contributed by atoms with van der Waals surface area (Å²) in [5, 5.41) is 15.1. The highest BCUT2D eigenvalue weighted by molar-refractivity contribution is 5.70. The van der Waals surface area contributed by atoms with E-state index >= 15 is 0 Å². The first kappa shape index (κ1) is 27.5. The second-order valence-electron chi connectivity index (χ2n) is 6.83. The lowest BCUT2D eigenvalue weighted by Crippen LogP contribution is -2.36. The van der Waals surface area contributed by atoms with E-state index in [0.717, 1.165) is 0 Å². The Bertz CT molecular complexity index is 430. The van der Waals surface area contributed by atoms with Crippen LogP contribution in [0, 0.1) is 0 Å². The summed E-state index contributed by atoms with van der Waals surface area (Å²) in [6.07, 6.45) is -1.30. The second kappa shape index (κ2) is 17.4. The topological polar surface area (TPSA) is 134 Å². The molecule has 0 bridgehead atoms. The number of carbonyl (C=O) groups excluding carboxylic acids is 2. The molecule has 0 fully saturated rings. The van der Waals surface area contributed by atoms with Crippen molar-refractivity contribution in [3.63, 3.8) is 0 Å². The van der Waals surface area contributed by atoms with Crippen LogP contribution >= 0.6 is 0 Å². The maximum atomic E-state index is 11.4. The summed E-state index contributed by atoms with van der Waals surface area (Å²) in [5.41, 5.74) is -0.528. The first-order valence-electron chi connectivity index (χ1n) is 9.50. The lowest BCUT2D eigenvalue weighted by atomic mass is 10.2. The molecule has 0 aromatic carbocycles. The number of amides is 1. The molecule has 0 saturated carbocycles. The highest BCUT2D eigenvalue weighted by atomic mass is 16.6. The fourth-order valence-corrected chi connectivity index (χ4v) is 1.75. The molecule has 0 aliphatic heterocycles. The number of hydrogen-bond acceptors (Lipinski definition) is 10. The number of aliphatic hydroxyl groups is 1. The van der Waals surface area contributed by atoms with Gasteiger partial charge in [-0.1, -0.05) is 0 Å². The average Bonchev–Trinajstić information content (AvgIpc) is 2.64. The second-order valence-corrected chi connectivity index (χ2v) is 6.83. The average molecular weight is 424 g/mol. The van der Waals surface area contributed by atoms with Crippen LogP contribution in [-0.4, -0.2) is 102 Å². The number of methoxy groups -OCH3 is 1. The zero-order chi connectivity index (χ0) is 22.0. The number of hydrogen-bond donors (Lipinski definition) is 3. The summed E-state index contributed by atoms with van der Waals surface area (Å²) >= 11 is 0. The fraction of sp³-hybridized carbons (Fsp3) is 0.889. The molecule has 0 radical (unpaired) electrons. The van der Waals surface area contributed by atoms with Crippen molar-refractivity contribution in [2.24, 2.45) is 0 Å². The first-order valence-corrected chi connectivity index (χ1v) is 9.50.